The molecule has 1 aromatic carbocycles. The Labute approximate surface area is 178 Å². The Hall–Kier alpha value is -2.57. The second-order valence-corrected chi connectivity index (χ2v) is 8.73. The van der Waals surface area contributed by atoms with E-state index in [0.29, 0.717) is 5.92 Å². The topological polar surface area (TPSA) is 98.7 Å². The maximum absolute atomic E-state index is 13.1. The van der Waals surface area contributed by atoms with E-state index < -0.39 is 12.0 Å². The van der Waals surface area contributed by atoms with Crippen LogP contribution in [0.3, 0.4) is 0 Å². The van der Waals surface area contributed by atoms with Gasteiger partial charge in [-0.15, -0.1) is 0 Å². The number of hydrogen-bond donors (Lipinski definition) is 3. The van der Waals surface area contributed by atoms with Crippen LogP contribution < -0.4 is 10.6 Å². The molecule has 0 saturated heterocycles. The number of carboxylic acid groups (broad SMARTS) is 1. The van der Waals surface area contributed by atoms with Gasteiger partial charge in [-0.2, -0.15) is 0 Å². The highest BCUT2D eigenvalue weighted by Gasteiger charge is 2.34. The molecule has 30 heavy (non-hydrogen) atoms. The van der Waals surface area contributed by atoms with E-state index in [2.05, 4.69) is 17.6 Å². The Morgan fingerprint density at radius 1 is 0.933 bits per heavy atom. The molecule has 0 aliphatic heterocycles. The molecule has 0 atom stereocenters. The lowest BCUT2D eigenvalue weighted by molar-refractivity contribution is 0.0696. The average molecular weight is 416 g/mol. The number of aromatic carboxylic acids is 1. The zero-order valence-corrected chi connectivity index (χ0v) is 17.7. The van der Waals surface area contributed by atoms with Crippen molar-refractivity contribution in [1.82, 2.24) is 15.5 Å². The molecule has 164 valence electrons. The smallest absolute Gasteiger partial charge is 0.335 e. The Balaban J connectivity index is 1.57. The SMILES string of the molecule is CC1CCC(N(C(=O)NC(=O)NCc2ccc(C(=O)O)cc2)C2CCCCC2)CC1. The van der Waals surface area contributed by atoms with Gasteiger partial charge in [0.1, 0.15) is 0 Å². The molecule has 7 nitrogen and oxygen atoms in total. The van der Waals surface area contributed by atoms with Gasteiger partial charge in [0.15, 0.2) is 0 Å². The summed E-state index contributed by atoms with van der Waals surface area (Å²) in [5.41, 5.74) is 0.969. The average Bonchev–Trinajstić information content (AvgIpc) is 2.75. The molecule has 2 saturated carbocycles. The number of carbonyl (C=O) groups excluding carboxylic acids is 2. The number of carboxylic acids is 1. The number of amides is 4. The third kappa shape index (κ3) is 5.97. The first-order valence-electron chi connectivity index (χ1n) is 11.1. The molecule has 0 heterocycles. The zero-order chi connectivity index (χ0) is 21.5. The molecule has 3 rings (SSSR count). The minimum Gasteiger partial charge on any atom is -0.478 e. The lowest BCUT2D eigenvalue weighted by Crippen LogP contribution is -2.55. The third-order valence-corrected chi connectivity index (χ3v) is 6.46. The molecule has 7 heteroatoms. The van der Waals surface area contributed by atoms with Crippen molar-refractivity contribution in [2.45, 2.75) is 83.3 Å². The normalized spacial score (nSPS) is 22.2. The van der Waals surface area contributed by atoms with Crippen LogP contribution in [0.15, 0.2) is 24.3 Å². The molecule has 4 amide bonds. The highest BCUT2D eigenvalue weighted by molar-refractivity contribution is 5.93. The first-order valence-corrected chi connectivity index (χ1v) is 11.1. The quantitative estimate of drug-likeness (QED) is 0.658. The number of nitrogens with zero attached hydrogens (tertiary/aromatic N) is 1. The van der Waals surface area contributed by atoms with E-state index in [1.807, 2.05) is 4.90 Å². The molecule has 0 unspecified atom stereocenters. The van der Waals surface area contributed by atoms with Crippen LogP contribution in [-0.2, 0) is 6.54 Å². The van der Waals surface area contributed by atoms with Gasteiger partial charge in [0, 0.05) is 18.6 Å². The molecule has 0 spiro atoms. The molecule has 0 aromatic heterocycles. The van der Waals surface area contributed by atoms with Crippen LogP contribution in [0, 0.1) is 5.92 Å². The van der Waals surface area contributed by atoms with Gasteiger partial charge in [-0.3, -0.25) is 5.32 Å². The number of rotatable bonds is 5. The summed E-state index contributed by atoms with van der Waals surface area (Å²) in [6.45, 7) is 2.49. The van der Waals surface area contributed by atoms with E-state index >= 15 is 0 Å². The summed E-state index contributed by atoms with van der Waals surface area (Å²) in [5.74, 6) is -0.286. The van der Waals surface area contributed by atoms with E-state index in [4.69, 9.17) is 5.11 Å². The largest absolute Gasteiger partial charge is 0.478 e. The van der Waals surface area contributed by atoms with E-state index in [1.54, 1.807) is 12.1 Å². The number of carbonyl (C=O) groups is 3. The van der Waals surface area contributed by atoms with E-state index in [9.17, 15) is 14.4 Å². The highest BCUT2D eigenvalue weighted by Crippen LogP contribution is 2.32. The van der Waals surface area contributed by atoms with Crippen molar-refractivity contribution in [2.75, 3.05) is 0 Å². The van der Waals surface area contributed by atoms with Crippen molar-refractivity contribution < 1.29 is 19.5 Å². The third-order valence-electron chi connectivity index (χ3n) is 6.46. The molecular formula is C23H33N3O4. The van der Waals surface area contributed by atoms with E-state index in [-0.39, 0.29) is 30.2 Å². The molecule has 0 radical (unpaired) electrons. The van der Waals surface area contributed by atoms with E-state index in [1.165, 1.54) is 18.6 Å². The fraction of sp³-hybridized carbons (Fsp3) is 0.609. The predicted molar refractivity (Wildman–Crippen MR) is 114 cm³/mol. The van der Waals surface area contributed by atoms with Crippen LogP contribution in [0.2, 0.25) is 0 Å². The molecular weight excluding hydrogens is 382 g/mol. The number of benzene rings is 1. The van der Waals surface area contributed by atoms with Crippen LogP contribution in [0.25, 0.3) is 0 Å². The fourth-order valence-electron chi connectivity index (χ4n) is 4.66. The van der Waals surface area contributed by atoms with Gasteiger partial charge in [-0.05, 0) is 62.1 Å². The van der Waals surface area contributed by atoms with Crippen molar-refractivity contribution in [2.24, 2.45) is 5.92 Å². The Kier molecular flexibility index (Phi) is 7.71. The summed E-state index contributed by atoms with van der Waals surface area (Å²) in [6.07, 6.45) is 9.76. The van der Waals surface area contributed by atoms with Gasteiger partial charge in [0.25, 0.3) is 0 Å². The molecule has 2 aliphatic carbocycles. The van der Waals surface area contributed by atoms with Crippen molar-refractivity contribution in [3.05, 3.63) is 35.4 Å². The van der Waals surface area contributed by atoms with Crippen molar-refractivity contribution in [1.29, 1.82) is 0 Å². The lowest BCUT2D eigenvalue weighted by atomic mass is 9.84. The Morgan fingerprint density at radius 2 is 1.53 bits per heavy atom. The zero-order valence-electron chi connectivity index (χ0n) is 17.7. The van der Waals surface area contributed by atoms with E-state index in [0.717, 1.165) is 56.9 Å². The summed E-state index contributed by atoms with van der Waals surface area (Å²) in [7, 11) is 0. The first-order chi connectivity index (χ1) is 14.4. The van der Waals surface area contributed by atoms with Crippen LogP contribution in [0.5, 0.6) is 0 Å². The number of imide groups is 1. The van der Waals surface area contributed by atoms with Crippen LogP contribution >= 0.6 is 0 Å². The van der Waals surface area contributed by atoms with Crippen LogP contribution in [-0.4, -0.2) is 40.1 Å². The maximum atomic E-state index is 13.1. The predicted octanol–water partition coefficient (Wildman–Crippen LogP) is 4.52. The van der Waals surface area contributed by atoms with Gasteiger partial charge < -0.3 is 15.3 Å². The summed E-state index contributed by atoms with van der Waals surface area (Å²) in [4.78, 5) is 38.3. The van der Waals surface area contributed by atoms with Crippen molar-refractivity contribution in [3.63, 3.8) is 0 Å². The van der Waals surface area contributed by atoms with Crippen molar-refractivity contribution in [3.8, 4) is 0 Å². The standard InChI is InChI=1S/C23H33N3O4/c1-16-7-13-20(14-8-16)26(19-5-3-2-4-6-19)23(30)25-22(29)24-15-17-9-11-18(12-10-17)21(27)28/h9-12,16,19-20H,2-8,13-15H2,1H3,(H,27,28)(H2,24,25,29,30). The second-order valence-electron chi connectivity index (χ2n) is 8.73. The number of urea groups is 2. The summed E-state index contributed by atoms with van der Waals surface area (Å²) < 4.78 is 0. The first kappa shape index (κ1) is 22.1. The summed E-state index contributed by atoms with van der Waals surface area (Å²) >= 11 is 0. The molecule has 2 aliphatic rings. The van der Waals surface area contributed by atoms with Gasteiger partial charge in [0.05, 0.1) is 5.56 Å². The van der Waals surface area contributed by atoms with Gasteiger partial charge in [-0.25, -0.2) is 14.4 Å². The van der Waals surface area contributed by atoms with Gasteiger partial charge >= 0.3 is 18.0 Å². The molecule has 3 N–H and O–H groups in total. The minimum atomic E-state index is -0.988. The minimum absolute atomic E-state index is 0.198. The second kappa shape index (κ2) is 10.5. The Morgan fingerprint density at radius 3 is 2.13 bits per heavy atom. The van der Waals surface area contributed by atoms with Crippen LogP contribution in [0.1, 0.15) is 80.6 Å². The number of hydrogen-bond acceptors (Lipinski definition) is 3. The van der Waals surface area contributed by atoms with Crippen LogP contribution in [0.4, 0.5) is 9.59 Å². The van der Waals surface area contributed by atoms with Gasteiger partial charge in [-0.1, -0.05) is 38.3 Å². The molecule has 0 bridgehead atoms. The monoisotopic (exact) mass is 415 g/mol. The molecule has 1 aromatic rings. The number of nitrogens with one attached hydrogen (secondary N) is 2. The van der Waals surface area contributed by atoms with Gasteiger partial charge in [0.2, 0.25) is 0 Å². The summed E-state index contributed by atoms with van der Waals surface area (Å²) in [5, 5.41) is 14.2. The Bertz CT molecular complexity index is 735. The highest BCUT2D eigenvalue weighted by atomic mass is 16.4. The van der Waals surface area contributed by atoms with Crippen molar-refractivity contribution >= 4 is 18.0 Å². The molecule has 2 fully saturated rings. The fourth-order valence-corrected chi connectivity index (χ4v) is 4.66. The lowest BCUT2D eigenvalue weighted by Gasteiger charge is -2.42. The maximum Gasteiger partial charge on any atom is 0.335 e. The summed E-state index contributed by atoms with van der Waals surface area (Å²) in [6, 6.07) is 5.92.